The van der Waals surface area contributed by atoms with Gasteiger partial charge in [-0.25, -0.2) is 0 Å². The summed E-state index contributed by atoms with van der Waals surface area (Å²) in [7, 11) is 1.68. The Bertz CT molecular complexity index is 771. The van der Waals surface area contributed by atoms with Crippen molar-refractivity contribution in [3.8, 4) is 11.5 Å². The van der Waals surface area contributed by atoms with Crippen LogP contribution in [0.15, 0.2) is 48.5 Å². The number of quaternary nitrogens is 1. The van der Waals surface area contributed by atoms with Gasteiger partial charge in [0.2, 0.25) is 0 Å². The van der Waals surface area contributed by atoms with Crippen molar-refractivity contribution < 1.29 is 19.2 Å². The smallest absolute Gasteiger partial charge is 0.282 e. The number of piperazine rings is 1. The second kappa shape index (κ2) is 9.46. The van der Waals surface area contributed by atoms with Crippen molar-refractivity contribution in [2.24, 2.45) is 0 Å². The molecule has 28 heavy (non-hydrogen) atoms. The molecule has 0 radical (unpaired) electrons. The second-order valence-electron chi connectivity index (χ2n) is 6.98. The third-order valence-corrected chi connectivity index (χ3v) is 5.29. The number of amides is 1. The molecule has 0 aromatic heterocycles. The Kier molecular flexibility index (Phi) is 6.76. The van der Waals surface area contributed by atoms with Gasteiger partial charge in [-0.3, -0.25) is 4.79 Å². The summed E-state index contributed by atoms with van der Waals surface area (Å²) in [4.78, 5) is 16.4. The monoisotopic (exact) mass is 384 g/mol. The molecule has 2 aromatic carbocycles. The van der Waals surface area contributed by atoms with E-state index in [0.29, 0.717) is 12.4 Å². The zero-order valence-corrected chi connectivity index (χ0v) is 16.9. The Morgan fingerprint density at radius 1 is 1.14 bits per heavy atom. The molecule has 0 bridgehead atoms. The van der Waals surface area contributed by atoms with Crippen molar-refractivity contribution in [2.75, 3.05) is 50.1 Å². The first-order chi connectivity index (χ1) is 13.6. The summed E-state index contributed by atoms with van der Waals surface area (Å²) in [6, 6.07) is 15.6. The van der Waals surface area contributed by atoms with E-state index < -0.39 is 0 Å². The number of hydrogen-bond donors (Lipinski definition) is 2. The maximum absolute atomic E-state index is 12.8. The SMILES string of the molecule is CCOc1ccccc1NC(=O)[C@H](C)[NH+]1CCN(c2ccc(OC)cc2)CC1. The van der Waals surface area contributed by atoms with Crippen LogP contribution in [0.5, 0.6) is 11.5 Å². The highest BCUT2D eigenvalue weighted by atomic mass is 16.5. The Morgan fingerprint density at radius 3 is 2.46 bits per heavy atom. The summed E-state index contributed by atoms with van der Waals surface area (Å²) in [5.74, 6) is 1.61. The predicted molar refractivity (Wildman–Crippen MR) is 112 cm³/mol. The van der Waals surface area contributed by atoms with Gasteiger partial charge in [0.15, 0.2) is 6.04 Å². The highest BCUT2D eigenvalue weighted by Crippen LogP contribution is 2.23. The number of hydrogen-bond acceptors (Lipinski definition) is 4. The minimum atomic E-state index is -0.118. The van der Waals surface area contributed by atoms with Crippen LogP contribution in [0, 0.1) is 0 Å². The predicted octanol–water partition coefficient (Wildman–Crippen LogP) is 1.83. The number of para-hydroxylation sites is 2. The maximum atomic E-state index is 12.8. The van der Waals surface area contributed by atoms with Crippen molar-refractivity contribution in [2.45, 2.75) is 19.9 Å². The lowest BCUT2D eigenvalue weighted by Crippen LogP contribution is -3.19. The summed E-state index contributed by atoms with van der Waals surface area (Å²) in [5, 5.41) is 3.04. The van der Waals surface area contributed by atoms with Crippen LogP contribution in [0.2, 0.25) is 0 Å². The lowest BCUT2D eigenvalue weighted by Gasteiger charge is -2.36. The first-order valence-electron chi connectivity index (χ1n) is 9.88. The number of nitrogens with one attached hydrogen (secondary N) is 2. The second-order valence-corrected chi connectivity index (χ2v) is 6.98. The topological polar surface area (TPSA) is 55.2 Å². The van der Waals surface area contributed by atoms with Crippen LogP contribution < -0.4 is 24.6 Å². The summed E-state index contributed by atoms with van der Waals surface area (Å²) < 4.78 is 10.8. The van der Waals surface area contributed by atoms with Gasteiger partial charge in [0.1, 0.15) is 11.5 Å². The molecule has 1 amide bonds. The van der Waals surface area contributed by atoms with Crippen LogP contribution in [0.25, 0.3) is 0 Å². The standard InChI is InChI=1S/C22H29N3O3/c1-4-28-21-8-6-5-7-20(21)23-22(26)17(2)24-13-15-25(16-14-24)18-9-11-19(27-3)12-10-18/h5-12,17H,4,13-16H2,1-3H3,(H,23,26)/p+1/t17-/m0/s1. The molecule has 1 aliphatic heterocycles. The summed E-state index contributed by atoms with van der Waals surface area (Å²) >= 11 is 0. The zero-order valence-electron chi connectivity index (χ0n) is 16.9. The molecule has 2 N–H and O–H groups in total. The first kappa shape index (κ1) is 20.0. The maximum Gasteiger partial charge on any atom is 0.282 e. The normalized spacial score (nSPS) is 15.8. The van der Waals surface area contributed by atoms with Crippen molar-refractivity contribution in [1.29, 1.82) is 0 Å². The molecule has 0 aliphatic carbocycles. The van der Waals surface area contributed by atoms with Crippen molar-refractivity contribution >= 4 is 17.3 Å². The van der Waals surface area contributed by atoms with Gasteiger partial charge in [-0.15, -0.1) is 0 Å². The molecule has 150 valence electrons. The molecule has 0 saturated carbocycles. The average Bonchev–Trinajstić information content (AvgIpc) is 2.75. The van der Waals surface area contributed by atoms with Crippen LogP contribution >= 0.6 is 0 Å². The molecule has 1 fully saturated rings. The number of nitrogens with zero attached hydrogens (tertiary/aromatic N) is 1. The lowest BCUT2D eigenvalue weighted by molar-refractivity contribution is -0.914. The molecule has 1 aliphatic rings. The van der Waals surface area contributed by atoms with Gasteiger partial charge >= 0.3 is 0 Å². The van der Waals surface area contributed by atoms with E-state index in [9.17, 15) is 4.79 Å². The van der Waals surface area contributed by atoms with Crippen molar-refractivity contribution in [1.82, 2.24) is 0 Å². The summed E-state index contributed by atoms with van der Waals surface area (Å²) in [5.41, 5.74) is 1.93. The number of anilines is 2. The van der Waals surface area contributed by atoms with Crippen LogP contribution in [0.3, 0.4) is 0 Å². The van der Waals surface area contributed by atoms with Crippen LogP contribution in [-0.2, 0) is 4.79 Å². The largest absolute Gasteiger partial charge is 0.497 e. The lowest BCUT2D eigenvalue weighted by atomic mass is 10.2. The number of rotatable bonds is 7. The molecule has 2 aromatic rings. The molecule has 1 atom stereocenters. The van der Waals surface area contributed by atoms with E-state index in [2.05, 4.69) is 22.3 Å². The van der Waals surface area contributed by atoms with E-state index in [-0.39, 0.29) is 11.9 Å². The molecule has 3 rings (SSSR count). The fourth-order valence-electron chi connectivity index (χ4n) is 3.56. The fraction of sp³-hybridized carbons (Fsp3) is 0.409. The number of benzene rings is 2. The Balaban J connectivity index is 1.55. The third-order valence-electron chi connectivity index (χ3n) is 5.29. The number of carbonyl (C=O) groups is 1. The van der Waals surface area contributed by atoms with E-state index in [4.69, 9.17) is 9.47 Å². The van der Waals surface area contributed by atoms with Gasteiger partial charge in [0.05, 0.1) is 45.6 Å². The van der Waals surface area contributed by atoms with Crippen molar-refractivity contribution in [3.05, 3.63) is 48.5 Å². The Morgan fingerprint density at radius 2 is 1.82 bits per heavy atom. The molecular weight excluding hydrogens is 354 g/mol. The van der Waals surface area contributed by atoms with Crippen LogP contribution in [-0.4, -0.2) is 51.8 Å². The van der Waals surface area contributed by atoms with Gasteiger partial charge in [-0.1, -0.05) is 12.1 Å². The molecule has 6 heteroatoms. The molecule has 6 nitrogen and oxygen atoms in total. The summed E-state index contributed by atoms with van der Waals surface area (Å²) in [6.07, 6.45) is 0. The van der Waals surface area contributed by atoms with Gasteiger partial charge in [-0.05, 0) is 50.2 Å². The Hall–Kier alpha value is -2.73. The quantitative estimate of drug-likeness (QED) is 0.765. The van der Waals surface area contributed by atoms with Gasteiger partial charge < -0.3 is 24.6 Å². The van der Waals surface area contributed by atoms with Crippen molar-refractivity contribution in [3.63, 3.8) is 0 Å². The van der Waals surface area contributed by atoms with E-state index in [1.54, 1.807) is 7.11 Å². The van der Waals surface area contributed by atoms with Crippen LogP contribution in [0.1, 0.15) is 13.8 Å². The van der Waals surface area contributed by atoms with Gasteiger partial charge in [0, 0.05) is 5.69 Å². The summed E-state index contributed by atoms with van der Waals surface area (Å²) in [6.45, 7) is 8.21. The number of methoxy groups -OCH3 is 1. The van der Waals surface area contributed by atoms with E-state index >= 15 is 0 Å². The molecule has 1 saturated heterocycles. The van der Waals surface area contributed by atoms with Crippen LogP contribution in [0.4, 0.5) is 11.4 Å². The average molecular weight is 385 g/mol. The van der Waals surface area contributed by atoms with E-state index in [0.717, 1.165) is 37.6 Å². The molecule has 1 heterocycles. The molecule has 0 spiro atoms. The van der Waals surface area contributed by atoms with E-state index in [1.165, 1.54) is 10.6 Å². The fourth-order valence-corrected chi connectivity index (χ4v) is 3.56. The van der Waals surface area contributed by atoms with E-state index in [1.807, 2.05) is 50.2 Å². The number of carbonyl (C=O) groups excluding carboxylic acids is 1. The van der Waals surface area contributed by atoms with Gasteiger partial charge in [-0.2, -0.15) is 0 Å². The number of ether oxygens (including phenoxy) is 2. The molecule has 0 unspecified atom stereocenters. The third kappa shape index (κ3) is 4.75. The highest BCUT2D eigenvalue weighted by molar-refractivity contribution is 5.94. The first-order valence-corrected chi connectivity index (χ1v) is 9.88. The minimum Gasteiger partial charge on any atom is -0.497 e. The molecular formula is C22H30N3O3+. The highest BCUT2D eigenvalue weighted by Gasteiger charge is 2.29. The minimum absolute atomic E-state index is 0.0278. The Labute approximate surface area is 167 Å². The zero-order chi connectivity index (χ0) is 19.9. The van der Waals surface area contributed by atoms with Gasteiger partial charge in [0.25, 0.3) is 5.91 Å².